The summed E-state index contributed by atoms with van der Waals surface area (Å²) in [6.07, 6.45) is 5.74. The molecule has 5 nitrogen and oxygen atoms in total. The maximum atomic E-state index is 4.73. The molecule has 0 N–H and O–H groups in total. The molecule has 0 saturated carbocycles. The Morgan fingerprint density at radius 1 is 1.04 bits per heavy atom. The summed E-state index contributed by atoms with van der Waals surface area (Å²) in [6.45, 7) is 2.91. The van der Waals surface area contributed by atoms with Crippen LogP contribution in [0.3, 0.4) is 0 Å². The highest BCUT2D eigenvalue weighted by Gasteiger charge is 2.15. The zero-order valence-electron chi connectivity index (χ0n) is 15.7. The van der Waals surface area contributed by atoms with Crippen LogP contribution in [0.25, 0.3) is 11.4 Å². The van der Waals surface area contributed by atoms with Crippen LogP contribution in [0.15, 0.2) is 65.4 Å². The number of aromatic nitrogens is 5. The fraction of sp³-hybridized carbons (Fsp3) is 0.238. The van der Waals surface area contributed by atoms with E-state index in [-0.39, 0.29) is 0 Å². The number of pyridine rings is 1. The molecule has 3 aromatic heterocycles. The average Bonchev–Trinajstić information content (AvgIpc) is 3.35. The monoisotopic (exact) mass is 407 g/mol. The van der Waals surface area contributed by atoms with Gasteiger partial charge in [0.25, 0.3) is 0 Å². The highest BCUT2D eigenvalue weighted by molar-refractivity contribution is 7.98. The molecule has 142 valence electrons. The Hall–Kier alpha value is -2.51. The van der Waals surface area contributed by atoms with Crippen LogP contribution in [0.2, 0.25) is 0 Å². The number of hydrogen-bond donors (Lipinski definition) is 0. The number of thioether (sulfide) groups is 1. The minimum Gasteiger partial charge on any atom is -0.298 e. The molecule has 7 heteroatoms. The van der Waals surface area contributed by atoms with E-state index in [9.17, 15) is 0 Å². The van der Waals surface area contributed by atoms with E-state index < -0.39 is 0 Å². The maximum Gasteiger partial charge on any atom is 0.192 e. The predicted molar refractivity (Wildman–Crippen MR) is 114 cm³/mol. The molecule has 0 fully saturated rings. The lowest BCUT2D eigenvalue weighted by Crippen LogP contribution is -2.04. The molecule has 0 atom stereocenters. The van der Waals surface area contributed by atoms with Crippen LogP contribution < -0.4 is 0 Å². The smallest absolute Gasteiger partial charge is 0.192 e. The van der Waals surface area contributed by atoms with Crippen molar-refractivity contribution in [3.63, 3.8) is 0 Å². The average molecular weight is 408 g/mol. The molecule has 3 heterocycles. The third-order valence-electron chi connectivity index (χ3n) is 4.25. The van der Waals surface area contributed by atoms with Crippen LogP contribution in [0.1, 0.15) is 29.6 Å². The second-order valence-corrected chi connectivity index (χ2v) is 8.27. The molecule has 0 aliphatic rings. The van der Waals surface area contributed by atoms with Gasteiger partial charge in [-0.1, -0.05) is 49.0 Å². The quantitative estimate of drug-likeness (QED) is 0.381. The van der Waals surface area contributed by atoms with Gasteiger partial charge >= 0.3 is 0 Å². The van der Waals surface area contributed by atoms with Gasteiger partial charge in [-0.25, -0.2) is 4.98 Å². The fourth-order valence-electron chi connectivity index (χ4n) is 2.90. The standard InChI is InChI=1S/C21H21N5S2/c1-2-6-19-23-18(14-27-19)15-28-21-25-24-20(17-9-11-22-12-10-17)26(21)13-16-7-4-3-5-8-16/h3-5,7-12,14H,2,6,13,15H2,1H3. The van der Waals surface area contributed by atoms with Crippen molar-refractivity contribution in [2.24, 2.45) is 0 Å². The summed E-state index contributed by atoms with van der Waals surface area (Å²) < 4.78 is 2.18. The molecule has 4 aromatic rings. The highest BCUT2D eigenvalue weighted by Crippen LogP contribution is 2.27. The van der Waals surface area contributed by atoms with E-state index in [0.29, 0.717) is 0 Å². The zero-order valence-corrected chi connectivity index (χ0v) is 17.3. The molecule has 0 spiro atoms. The summed E-state index contributed by atoms with van der Waals surface area (Å²) in [5.74, 6) is 1.66. The Labute approximate surface area is 172 Å². The molecule has 0 aliphatic carbocycles. The molecule has 0 unspecified atom stereocenters. The molecule has 1 aromatic carbocycles. The summed E-state index contributed by atoms with van der Waals surface area (Å²) in [4.78, 5) is 8.84. The minimum absolute atomic E-state index is 0.728. The van der Waals surface area contributed by atoms with Crippen molar-refractivity contribution < 1.29 is 0 Å². The molecule has 0 aliphatic heterocycles. The van der Waals surface area contributed by atoms with Crippen molar-refractivity contribution in [2.75, 3.05) is 0 Å². The largest absolute Gasteiger partial charge is 0.298 e. The SMILES string of the molecule is CCCc1nc(CSc2nnc(-c3ccncc3)n2Cc2ccccc2)cs1. The van der Waals surface area contributed by atoms with Crippen LogP contribution in [-0.4, -0.2) is 24.7 Å². The Morgan fingerprint density at radius 2 is 1.86 bits per heavy atom. The highest BCUT2D eigenvalue weighted by atomic mass is 32.2. The van der Waals surface area contributed by atoms with Gasteiger partial charge in [-0.15, -0.1) is 21.5 Å². The van der Waals surface area contributed by atoms with Gasteiger partial charge in [0, 0.05) is 29.1 Å². The predicted octanol–water partition coefficient (Wildman–Crippen LogP) is 5.09. The minimum atomic E-state index is 0.728. The molecular weight excluding hydrogens is 386 g/mol. The Morgan fingerprint density at radius 3 is 2.64 bits per heavy atom. The Kier molecular flexibility index (Phi) is 6.14. The molecule has 0 radical (unpaired) electrons. The van der Waals surface area contributed by atoms with E-state index in [0.717, 1.165) is 47.4 Å². The normalized spacial score (nSPS) is 11.0. The third-order valence-corrected chi connectivity index (χ3v) is 6.21. The molecule has 0 saturated heterocycles. The van der Waals surface area contributed by atoms with Gasteiger partial charge < -0.3 is 0 Å². The van der Waals surface area contributed by atoms with Crippen molar-refractivity contribution in [3.8, 4) is 11.4 Å². The van der Waals surface area contributed by atoms with Crippen molar-refractivity contribution in [3.05, 3.63) is 76.5 Å². The first-order chi connectivity index (χ1) is 13.8. The number of nitrogens with zero attached hydrogens (tertiary/aromatic N) is 5. The number of thiazole rings is 1. The number of rotatable bonds is 8. The maximum absolute atomic E-state index is 4.73. The lowest BCUT2D eigenvalue weighted by Gasteiger charge is -2.10. The van der Waals surface area contributed by atoms with Gasteiger partial charge in [0.15, 0.2) is 11.0 Å². The Bertz CT molecular complexity index is 1010. The lowest BCUT2D eigenvalue weighted by molar-refractivity contribution is 0.714. The summed E-state index contributed by atoms with van der Waals surface area (Å²) in [5.41, 5.74) is 3.35. The first-order valence-electron chi connectivity index (χ1n) is 9.27. The fourth-order valence-corrected chi connectivity index (χ4v) is 4.74. The van der Waals surface area contributed by atoms with Gasteiger partial charge in [0.2, 0.25) is 0 Å². The van der Waals surface area contributed by atoms with E-state index in [2.05, 4.69) is 56.3 Å². The van der Waals surface area contributed by atoms with Crippen molar-refractivity contribution in [1.82, 2.24) is 24.7 Å². The van der Waals surface area contributed by atoms with Crippen LogP contribution in [-0.2, 0) is 18.7 Å². The van der Waals surface area contributed by atoms with E-state index >= 15 is 0 Å². The summed E-state index contributed by atoms with van der Waals surface area (Å²) >= 11 is 3.43. The number of aryl methyl sites for hydroxylation is 1. The number of hydrogen-bond acceptors (Lipinski definition) is 6. The molecule has 28 heavy (non-hydrogen) atoms. The third kappa shape index (κ3) is 4.48. The first kappa shape index (κ1) is 18.8. The summed E-state index contributed by atoms with van der Waals surface area (Å²) in [6, 6.07) is 14.3. The van der Waals surface area contributed by atoms with Crippen LogP contribution in [0, 0.1) is 0 Å². The van der Waals surface area contributed by atoms with E-state index in [1.54, 1.807) is 35.5 Å². The van der Waals surface area contributed by atoms with Crippen LogP contribution in [0.4, 0.5) is 0 Å². The van der Waals surface area contributed by atoms with E-state index in [4.69, 9.17) is 4.98 Å². The molecule has 0 amide bonds. The van der Waals surface area contributed by atoms with Crippen molar-refractivity contribution in [1.29, 1.82) is 0 Å². The van der Waals surface area contributed by atoms with Crippen LogP contribution in [0.5, 0.6) is 0 Å². The van der Waals surface area contributed by atoms with Gasteiger partial charge in [-0.3, -0.25) is 9.55 Å². The van der Waals surface area contributed by atoms with E-state index in [1.807, 2.05) is 18.2 Å². The Balaban J connectivity index is 1.59. The zero-order chi connectivity index (χ0) is 19.2. The van der Waals surface area contributed by atoms with Gasteiger partial charge in [0.05, 0.1) is 17.2 Å². The topological polar surface area (TPSA) is 56.5 Å². The van der Waals surface area contributed by atoms with Crippen molar-refractivity contribution in [2.45, 2.75) is 37.2 Å². The lowest BCUT2D eigenvalue weighted by atomic mass is 10.2. The summed E-state index contributed by atoms with van der Waals surface area (Å²) in [7, 11) is 0. The summed E-state index contributed by atoms with van der Waals surface area (Å²) in [5, 5.41) is 13.2. The van der Waals surface area contributed by atoms with Crippen molar-refractivity contribution >= 4 is 23.1 Å². The molecular formula is C21H21N5S2. The number of benzene rings is 1. The second-order valence-electron chi connectivity index (χ2n) is 6.39. The first-order valence-corrected chi connectivity index (χ1v) is 11.1. The van der Waals surface area contributed by atoms with Gasteiger partial charge in [-0.05, 0) is 30.5 Å². The second kappa shape index (κ2) is 9.12. The van der Waals surface area contributed by atoms with Crippen LogP contribution >= 0.6 is 23.1 Å². The van der Waals surface area contributed by atoms with Gasteiger partial charge in [0.1, 0.15) is 0 Å². The van der Waals surface area contributed by atoms with E-state index in [1.165, 1.54) is 10.6 Å². The molecule has 4 rings (SSSR count). The molecule has 0 bridgehead atoms. The van der Waals surface area contributed by atoms with Gasteiger partial charge in [-0.2, -0.15) is 0 Å².